The summed E-state index contributed by atoms with van der Waals surface area (Å²) in [5.41, 5.74) is 7.41. The van der Waals surface area contributed by atoms with Crippen molar-refractivity contribution in [3.05, 3.63) is 158 Å². The van der Waals surface area contributed by atoms with Gasteiger partial charge in [-0.15, -0.1) is 22.7 Å². The van der Waals surface area contributed by atoms with Crippen molar-refractivity contribution in [2.75, 3.05) is 0 Å². The van der Waals surface area contributed by atoms with E-state index in [2.05, 4.69) is 97.1 Å². The van der Waals surface area contributed by atoms with Crippen molar-refractivity contribution in [2.45, 2.75) is 0 Å². The molecule has 3 heterocycles. The largest absolute Gasteiger partial charge is 0.235 e. The molecule has 0 fully saturated rings. The Kier molecular flexibility index (Phi) is 6.82. The van der Waals surface area contributed by atoms with Gasteiger partial charge in [0.1, 0.15) is 5.01 Å². The smallest absolute Gasteiger partial charge is 0.164 e. The second-order valence-corrected chi connectivity index (χ2v) is 14.4. The molecule has 0 bridgehead atoms. The summed E-state index contributed by atoms with van der Waals surface area (Å²) in [5.74, 6) is 1.96. The fraction of sp³-hybridized carbons (Fsp3) is 0. The summed E-state index contributed by atoms with van der Waals surface area (Å²) < 4.78 is 3.76. The first-order valence-corrected chi connectivity index (χ1v) is 18.1. The molecule has 3 aromatic heterocycles. The van der Waals surface area contributed by atoms with Gasteiger partial charge >= 0.3 is 0 Å². The quantitative estimate of drug-likeness (QED) is 0.182. The monoisotopic (exact) mass is 674 g/mol. The van der Waals surface area contributed by atoms with Crippen LogP contribution in [0.1, 0.15) is 0 Å². The van der Waals surface area contributed by atoms with Gasteiger partial charge in [-0.3, -0.25) is 0 Å². The molecule has 0 amide bonds. The number of aromatic nitrogens is 4. The molecule has 10 rings (SSSR count). The van der Waals surface area contributed by atoms with Gasteiger partial charge in [0, 0.05) is 48.0 Å². The maximum atomic E-state index is 5.28. The zero-order valence-electron chi connectivity index (χ0n) is 26.6. The second kappa shape index (κ2) is 11.8. The molecular formula is C44H26N4S2. The average molecular weight is 675 g/mol. The number of fused-ring (bicyclic) bond motifs is 5. The summed E-state index contributed by atoms with van der Waals surface area (Å²) in [6.07, 6.45) is 0. The number of hydrogen-bond donors (Lipinski definition) is 0. The number of nitrogens with zero attached hydrogens (tertiary/aromatic N) is 4. The van der Waals surface area contributed by atoms with Gasteiger partial charge in [0.2, 0.25) is 0 Å². The highest BCUT2D eigenvalue weighted by molar-refractivity contribution is 7.27. The van der Waals surface area contributed by atoms with E-state index in [1.54, 1.807) is 11.3 Å². The van der Waals surface area contributed by atoms with E-state index in [1.807, 2.05) is 72.0 Å². The van der Waals surface area contributed by atoms with Gasteiger partial charge in [-0.25, -0.2) is 19.9 Å². The molecule has 0 aliphatic carbocycles. The van der Waals surface area contributed by atoms with Crippen LogP contribution in [-0.4, -0.2) is 19.9 Å². The Morgan fingerprint density at radius 2 is 0.900 bits per heavy atom. The van der Waals surface area contributed by atoms with Crippen molar-refractivity contribution in [1.82, 2.24) is 19.9 Å². The SMILES string of the molecule is c1ccc(-c2nc(-c3ccccc3)nc(-c3ccc4cc(-c5c6nc(-c7ccccc7)sc6cc6c5sc5ccccc56)ccc4c3)n2)cc1. The van der Waals surface area contributed by atoms with E-state index in [1.165, 1.54) is 30.4 Å². The summed E-state index contributed by atoms with van der Waals surface area (Å²) in [6, 6.07) is 55.0. The van der Waals surface area contributed by atoms with E-state index in [0.29, 0.717) is 17.5 Å². The van der Waals surface area contributed by atoms with Crippen molar-refractivity contribution in [2.24, 2.45) is 0 Å². The van der Waals surface area contributed by atoms with Gasteiger partial charge in [-0.2, -0.15) is 0 Å². The maximum Gasteiger partial charge on any atom is 0.164 e. The molecule has 0 aliphatic heterocycles. The summed E-state index contributed by atoms with van der Waals surface area (Å²) in [7, 11) is 0. The highest BCUT2D eigenvalue weighted by Crippen LogP contribution is 2.46. The van der Waals surface area contributed by atoms with Crippen molar-refractivity contribution in [1.29, 1.82) is 0 Å². The third kappa shape index (κ3) is 4.96. The van der Waals surface area contributed by atoms with Gasteiger partial charge in [0.15, 0.2) is 17.5 Å². The third-order valence-corrected chi connectivity index (χ3v) is 11.4. The van der Waals surface area contributed by atoms with Crippen LogP contribution in [0.5, 0.6) is 0 Å². The van der Waals surface area contributed by atoms with E-state index in [0.717, 1.165) is 49.1 Å². The predicted octanol–water partition coefficient (Wildman–Crippen LogP) is 12.3. The zero-order valence-corrected chi connectivity index (χ0v) is 28.2. The second-order valence-electron chi connectivity index (χ2n) is 12.3. The Balaban J connectivity index is 1.13. The molecule has 234 valence electrons. The fourth-order valence-corrected chi connectivity index (χ4v) is 8.96. The minimum Gasteiger partial charge on any atom is -0.235 e. The van der Waals surface area contributed by atoms with Gasteiger partial charge in [-0.05, 0) is 40.6 Å². The van der Waals surface area contributed by atoms with Gasteiger partial charge in [-0.1, -0.05) is 133 Å². The van der Waals surface area contributed by atoms with Crippen LogP contribution in [0.2, 0.25) is 0 Å². The molecule has 0 unspecified atom stereocenters. The summed E-state index contributed by atoms with van der Waals surface area (Å²) in [5, 5.41) is 5.88. The minimum absolute atomic E-state index is 0.649. The summed E-state index contributed by atoms with van der Waals surface area (Å²) in [6.45, 7) is 0. The molecule has 0 saturated carbocycles. The predicted molar refractivity (Wildman–Crippen MR) is 211 cm³/mol. The first-order chi connectivity index (χ1) is 24.7. The van der Waals surface area contributed by atoms with E-state index < -0.39 is 0 Å². The van der Waals surface area contributed by atoms with Crippen LogP contribution in [-0.2, 0) is 0 Å². The lowest BCUT2D eigenvalue weighted by molar-refractivity contribution is 1.07. The van der Waals surface area contributed by atoms with E-state index in [-0.39, 0.29) is 0 Å². The van der Waals surface area contributed by atoms with E-state index in [9.17, 15) is 0 Å². The molecule has 0 saturated heterocycles. The van der Waals surface area contributed by atoms with Crippen molar-refractivity contribution >= 4 is 63.8 Å². The molecule has 6 heteroatoms. The zero-order chi connectivity index (χ0) is 33.0. The first kappa shape index (κ1) is 28.9. The Labute approximate surface area is 296 Å². The van der Waals surface area contributed by atoms with E-state index >= 15 is 0 Å². The molecule has 50 heavy (non-hydrogen) atoms. The van der Waals surface area contributed by atoms with Gasteiger partial charge in [0.05, 0.1) is 10.2 Å². The van der Waals surface area contributed by atoms with Crippen molar-refractivity contribution in [3.63, 3.8) is 0 Å². The van der Waals surface area contributed by atoms with Crippen LogP contribution in [0.3, 0.4) is 0 Å². The lowest BCUT2D eigenvalue weighted by Crippen LogP contribution is -2.00. The molecule has 0 N–H and O–H groups in total. The summed E-state index contributed by atoms with van der Waals surface area (Å²) in [4.78, 5) is 20.1. The molecule has 0 atom stereocenters. The Hall–Kier alpha value is -6.08. The number of thiophene rings is 1. The number of rotatable bonds is 5. The van der Waals surface area contributed by atoms with Crippen LogP contribution in [0.4, 0.5) is 0 Å². The Morgan fingerprint density at radius 1 is 0.360 bits per heavy atom. The Bertz CT molecular complexity index is 2800. The molecule has 0 spiro atoms. The highest BCUT2D eigenvalue weighted by atomic mass is 32.1. The number of benzene rings is 7. The van der Waals surface area contributed by atoms with Crippen molar-refractivity contribution in [3.8, 4) is 55.9 Å². The molecule has 0 aliphatic rings. The molecule has 10 aromatic rings. The standard InChI is InChI=1S/C44H26N4S2/c1-4-12-27(13-5-1)41-46-42(28-14-6-2-7-15-28)48-43(47-41)33-23-21-30-24-32(22-20-31(30)25-33)38-39-37(50-44(45-39)29-16-8-3-9-17-29)26-35-34-18-10-11-19-36(34)49-40(35)38/h1-26H. The molecular weight excluding hydrogens is 649 g/mol. The van der Waals surface area contributed by atoms with Crippen LogP contribution < -0.4 is 0 Å². The first-order valence-electron chi connectivity index (χ1n) is 16.5. The van der Waals surface area contributed by atoms with Crippen molar-refractivity contribution < 1.29 is 0 Å². The minimum atomic E-state index is 0.649. The summed E-state index contributed by atoms with van der Waals surface area (Å²) >= 11 is 3.61. The third-order valence-electron chi connectivity index (χ3n) is 9.13. The lowest BCUT2D eigenvalue weighted by atomic mass is 9.97. The molecule has 0 radical (unpaired) electrons. The van der Waals surface area contributed by atoms with Crippen LogP contribution in [0.15, 0.2) is 158 Å². The highest BCUT2D eigenvalue weighted by Gasteiger charge is 2.19. The fourth-order valence-electron chi connectivity index (χ4n) is 6.69. The number of thiazole rings is 1. The van der Waals surface area contributed by atoms with E-state index in [4.69, 9.17) is 19.9 Å². The molecule has 4 nitrogen and oxygen atoms in total. The van der Waals surface area contributed by atoms with Crippen LogP contribution in [0, 0.1) is 0 Å². The normalized spacial score (nSPS) is 11.6. The van der Waals surface area contributed by atoms with Crippen LogP contribution >= 0.6 is 22.7 Å². The van der Waals surface area contributed by atoms with Crippen LogP contribution in [0.25, 0.3) is 97.0 Å². The molecule has 7 aromatic carbocycles. The number of hydrogen-bond acceptors (Lipinski definition) is 6. The lowest BCUT2D eigenvalue weighted by Gasteiger charge is -2.10. The topological polar surface area (TPSA) is 51.6 Å². The average Bonchev–Trinajstić information content (AvgIpc) is 3.79. The Morgan fingerprint density at radius 3 is 1.56 bits per heavy atom. The van der Waals surface area contributed by atoms with Gasteiger partial charge < -0.3 is 0 Å². The van der Waals surface area contributed by atoms with Gasteiger partial charge in [0.25, 0.3) is 0 Å². The maximum absolute atomic E-state index is 5.28.